The molecule has 0 aromatic heterocycles. The van der Waals surface area contributed by atoms with Gasteiger partial charge in [0.05, 0.1) is 6.10 Å². The highest BCUT2D eigenvalue weighted by atomic mass is 16.3. The molecular formula is C13H24N2O2. The van der Waals surface area contributed by atoms with Crippen LogP contribution < -0.4 is 0 Å². The second-order valence-corrected chi connectivity index (χ2v) is 5.61. The minimum absolute atomic E-state index is 0.196. The summed E-state index contributed by atoms with van der Waals surface area (Å²) in [4.78, 5) is 15.5. The van der Waals surface area contributed by atoms with Crippen LogP contribution in [0, 0.1) is 5.92 Å². The average Bonchev–Trinajstić information content (AvgIpc) is 3.04. The Hall–Kier alpha value is -0.610. The molecule has 0 aromatic carbocycles. The fourth-order valence-electron chi connectivity index (χ4n) is 2.65. The number of rotatable bonds is 6. The topological polar surface area (TPSA) is 43.8 Å². The summed E-state index contributed by atoms with van der Waals surface area (Å²) in [5, 5.41) is 10.0. The number of likely N-dealkylation sites (tertiary alicyclic amines) is 1. The van der Waals surface area contributed by atoms with Gasteiger partial charge in [0.25, 0.3) is 0 Å². The Kier molecular flexibility index (Phi) is 4.05. The Labute approximate surface area is 104 Å². The number of nitrogens with zero attached hydrogens (tertiary/aromatic N) is 2. The van der Waals surface area contributed by atoms with E-state index in [1.54, 1.807) is 4.90 Å². The zero-order chi connectivity index (χ0) is 12.4. The van der Waals surface area contributed by atoms with E-state index in [-0.39, 0.29) is 5.91 Å². The molecule has 2 aliphatic rings. The van der Waals surface area contributed by atoms with Gasteiger partial charge in [-0.1, -0.05) is 0 Å². The summed E-state index contributed by atoms with van der Waals surface area (Å²) in [6.07, 6.45) is 3.84. The molecule has 98 valence electrons. The Bertz CT molecular complexity index is 279. The van der Waals surface area contributed by atoms with E-state index in [1.807, 2.05) is 0 Å². The maximum Gasteiger partial charge on any atom is 0.222 e. The Morgan fingerprint density at radius 1 is 1.53 bits per heavy atom. The molecule has 17 heavy (non-hydrogen) atoms. The van der Waals surface area contributed by atoms with E-state index in [9.17, 15) is 9.90 Å². The molecule has 0 aromatic rings. The molecule has 1 saturated carbocycles. The standard InChI is InChI=1S/C13H24N2O2/c1-10(11-5-6-11)14(2)8-12(16)9-15-7-3-4-13(15)17/h10-12,16H,3-9H2,1-2H3. The molecular weight excluding hydrogens is 216 g/mol. The zero-order valence-electron chi connectivity index (χ0n) is 10.9. The van der Waals surface area contributed by atoms with Crippen LogP contribution in [-0.4, -0.2) is 59.6 Å². The van der Waals surface area contributed by atoms with Crippen molar-refractivity contribution in [3.63, 3.8) is 0 Å². The van der Waals surface area contributed by atoms with Gasteiger partial charge < -0.3 is 14.9 Å². The Morgan fingerprint density at radius 3 is 2.76 bits per heavy atom. The van der Waals surface area contributed by atoms with Gasteiger partial charge in [0.1, 0.15) is 0 Å². The summed E-state index contributed by atoms with van der Waals surface area (Å²) in [5.74, 6) is 1.02. The zero-order valence-corrected chi connectivity index (χ0v) is 10.9. The third kappa shape index (κ3) is 3.42. The van der Waals surface area contributed by atoms with Crippen LogP contribution in [-0.2, 0) is 4.79 Å². The molecule has 1 heterocycles. The number of amides is 1. The Morgan fingerprint density at radius 2 is 2.24 bits per heavy atom. The SMILES string of the molecule is CC(C1CC1)N(C)CC(O)CN1CCCC1=O. The van der Waals surface area contributed by atoms with Crippen molar-refractivity contribution in [1.82, 2.24) is 9.80 Å². The molecule has 1 amide bonds. The van der Waals surface area contributed by atoms with Crippen molar-refractivity contribution >= 4 is 5.91 Å². The first-order chi connectivity index (χ1) is 8.08. The number of aliphatic hydroxyl groups is 1. The van der Waals surface area contributed by atoms with Gasteiger partial charge in [0.15, 0.2) is 0 Å². The smallest absolute Gasteiger partial charge is 0.222 e. The summed E-state index contributed by atoms with van der Waals surface area (Å²) in [6.45, 7) is 4.21. The fraction of sp³-hybridized carbons (Fsp3) is 0.923. The number of aliphatic hydroxyl groups excluding tert-OH is 1. The van der Waals surface area contributed by atoms with E-state index in [1.165, 1.54) is 12.8 Å². The van der Waals surface area contributed by atoms with E-state index < -0.39 is 6.10 Å². The Balaban J connectivity index is 1.72. The lowest BCUT2D eigenvalue weighted by molar-refractivity contribution is -0.129. The summed E-state index contributed by atoms with van der Waals surface area (Å²) in [7, 11) is 2.07. The van der Waals surface area contributed by atoms with Gasteiger partial charge in [-0.3, -0.25) is 4.79 Å². The quantitative estimate of drug-likeness (QED) is 0.743. The summed E-state index contributed by atoms with van der Waals surface area (Å²) in [5.41, 5.74) is 0. The van der Waals surface area contributed by atoms with E-state index in [0.717, 1.165) is 18.9 Å². The molecule has 4 nitrogen and oxygen atoms in total. The van der Waals surface area contributed by atoms with Gasteiger partial charge in [-0.25, -0.2) is 0 Å². The minimum Gasteiger partial charge on any atom is -0.390 e. The number of β-amino-alcohol motifs (C(OH)–C–C–N with tert-alkyl or cyclic N) is 1. The number of likely N-dealkylation sites (N-methyl/N-ethyl adjacent to an activating group) is 1. The van der Waals surface area contributed by atoms with Crippen molar-refractivity contribution < 1.29 is 9.90 Å². The lowest BCUT2D eigenvalue weighted by Gasteiger charge is -2.28. The maximum atomic E-state index is 11.4. The number of carbonyl (C=O) groups excluding carboxylic acids is 1. The first kappa shape index (κ1) is 12.8. The van der Waals surface area contributed by atoms with Crippen LogP contribution >= 0.6 is 0 Å². The summed E-state index contributed by atoms with van der Waals surface area (Å²) < 4.78 is 0. The van der Waals surface area contributed by atoms with E-state index >= 15 is 0 Å². The lowest BCUT2D eigenvalue weighted by Crippen LogP contribution is -2.42. The lowest BCUT2D eigenvalue weighted by atomic mass is 10.2. The number of hydrogen-bond donors (Lipinski definition) is 1. The van der Waals surface area contributed by atoms with E-state index in [2.05, 4.69) is 18.9 Å². The maximum absolute atomic E-state index is 11.4. The van der Waals surface area contributed by atoms with Gasteiger partial charge in [-0.15, -0.1) is 0 Å². The fourth-order valence-corrected chi connectivity index (χ4v) is 2.65. The molecule has 2 rings (SSSR count). The molecule has 0 radical (unpaired) electrons. The summed E-state index contributed by atoms with van der Waals surface area (Å²) >= 11 is 0. The molecule has 1 saturated heterocycles. The highest BCUT2D eigenvalue weighted by Gasteiger charge is 2.31. The molecule has 2 atom stereocenters. The van der Waals surface area contributed by atoms with Crippen LogP contribution in [0.15, 0.2) is 0 Å². The molecule has 2 unspecified atom stereocenters. The minimum atomic E-state index is -0.414. The largest absolute Gasteiger partial charge is 0.390 e. The van der Waals surface area contributed by atoms with Crippen LogP contribution in [0.4, 0.5) is 0 Å². The van der Waals surface area contributed by atoms with Crippen molar-refractivity contribution in [3.05, 3.63) is 0 Å². The average molecular weight is 240 g/mol. The van der Waals surface area contributed by atoms with Crippen molar-refractivity contribution in [2.24, 2.45) is 5.92 Å². The molecule has 0 spiro atoms. The highest BCUT2D eigenvalue weighted by Crippen LogP contribution is 2.34. The molecule has 1 aliphatic heterocycles. The van der Waals surface area contributed by atoms with Crippen molar-refractivity contribution in [2.75, 3.05) is 26.7 Å². The summed E-state index contributed by atoms with van der Waals surface area (Å²) in [6, 6.07) is 0.555. The molecule has 1 N–H and O–H groups in total. The second kappa shape index (κ2) is 5.36. The highest BCUT2D eigenvalue weighted by molar-refractivity contribution is 5.78. The first-order valence-electron chi connectivity index (χ1n) is 6.74. The third-order valence-electron chi connectivity index (χ3n) is 4.10. The third-order valence-corrected chi connectivity index (χ3v) is 4.10. The van der Waals surface area contributed by atoms with Gasteiger partial charge >= 0.3 is 0 Å². The van der Waals surface area contributed by atoms with Gasteiger partial charge in [0, 0.05) is 32.1 Å². The van der Waals surface area contributed by atoms with Crippen LogP contribution in [0.25, 0.3) is 0 Å². The normalized spacial score (nSPS) is 24.5. The van der Waals surface area contributed by atoms with Gasteiger partial charge in [-0.05, 0) is 39.2 Å². The molecule has 1 aliphatic carbocycles. The van der Waals surface area contributed by atoms with Crippen LogP contribution in [0.5, 0.6) is 0 Å². The number of hydrogen-bond acceptors (Lipinski definition) is 3. The molecule has 4 heteroatoms. The van der Waals surface area contributed by atoms with Gasteiger partial charge in [0.2, 0.25) is 5.91 Å². The molecule has 0 bridgehead atoms. The van der Waals surface area contributed by atoms with Crippen molar-refractivity contribution in [3.8, 4) is 0 Å². The number of carbonyl (C=O) groups is 1. The van der Waals surface area contributed by atoms with Crippen molar-refractivity contribution in [2.45, 2.75) is 44.8 Å². The van der Waals surface area contributed by atoms with Crippen LogP contribution in [0.3, 0.4) is 0 Å². The first-order valence-corrected chi connectivity index (χ1v) is 6.74. The van der Waals surface area contributed by atoms with E-state index in [0.29, 0.717) is 25.6 Å². The van der Waals surface area contributed by atoms with Crippen LogP contribution in [0.2, 0.25) is 0 Å². The van der Waals surface area contributed by atoms with Crippen molar-refractivity contribution in [1.29, 1.82) is 0 Å². The predicted octanol–water partition coefficient (Wildman–Crippen LogP) is 0.700. The van der Waals surface area contributed by atoms with Gasteiger partial charge in [-0.2, -0.15) is 0 Å². The second-order valence-electron chi connectivity index (χ2n) is 5.61. The molecule has 2 fully saturated rings. The van der Waals surface area contributed by atoms with Crippen LogP contribution in [0.1, 0.15) is 32.6 Å². The predicted molar refractivity (Wildman–Crippen MR) is 66.6 cm³/mol. The van der Waals surface area contributed by atoms with E-state index in [4.69, 9.17) is 0 Å². The monoisotopic (exact) mass is 240 g/mol.